The molecule has 1 aromatic heterocycles. The Morgan fingerprint density at radius 3 is 2.62 bits per heavy atom. The normalized spacial score (nSPS) is 34.4. The lowest BCUT2D eigenvalue weighted by Crippen LogP contribution is -2.32. The van der Waals surface area contributed by atoms with Crippen LogP contribution in [0, 0.1) is 5.92 Å². The third kappa shape index (κ3) is 4.96. The van der Waals surface area contributed by atoms with Crippen molar-refractivity contribution in [3.8, 4) is 0 Å². The molecule has 4 rings (SSSR count). The first-order valence-corrected chi connectivity index (χ1v) is 10.7. The summed E-state index contributed by atoms with van der Waals surface area (Å²) >= 11 is 0. The summed E-state index contributed by atoms with van der Waals surface area (Å²) in [6.07, 6.45) is 9.41. The lowest BCUT2D eigenvalue weighted by Gasteiger charge is -2.29. The number of rotatable bonds is 7. The molecule has 1 saturated heterocycles. The summed E-state index contributed by atoms with van der Waals surface area (Å²) in [5.41, 5.74) is 5.79. The quantitative estimate of drug-likeness (QED) is 0.428. The van der Waals surface area contributed by atoms with Gasteiger partial charge in [0.05, 0.1) is 11.7 Å². The van der Waals surface area contributed by atoms with Gasteiger partial charge in [-0.1, -0.05) is 0 Å². The van der Waals surface area contributed by atoms with E-state index in [1.807, 2.05) is 7.05 Å². The zero-order valence-electron chi connectivity index (χ0n) is 16.9. The predicted octanol–water partition coefficient (Wildman–Crippen LogP) is 1.21. The molecule has 9 nitrogen and oxygen atoms in total. The molecule has 6 N–H and O–H groups in total. The van der Waals surface area contributed by atoms with Crippen molar-refractivity contribution >= 4 is 17.7 Å². The Hall–Kier alpha value is -1.97. The number of primary amides is 1. The van der Waals surface area contributed by atoms with Gasteiger partial charge in [0.25, 0.3) is 5.91 Å². The van der Waals surface area contributed by atoms with E-state index in [1.54, 1.807) is 0 Å². The fourth-order valence-corrected chi connectivity index (χ4v) is 4.72. The number of hydrogen-bond acceptors (Lipinski definition) is 8. The predicted molar refractivity (Wildman–Crippen MR) is 110 cm³/mol. The van der Waals surface area contributed by atoms with Crippen molar-refractivity contribution < 1.29 is 14.6 Å². The third-order valence-electron chi connectivity index (χ3n) is 6.42. The monoisotopic (exact) mass is 404 g/mol. The summed E-state index contributed by atoms with van der Waals surface area (Å²) < 4.78 is 5.66. The number of aromatic nitrogens is 2. The number of likely N-dealkylation sites (N-methyl/N-ethyl adjacent to an activating group) is 1. The molecule has 0 spiro atoms. The van der Waals surface area contributed by atoms with Gasteiger partial charge in [0.15, 0.2) is 0 Å². The number of nitrogens with one attached hydrogen (secondary N) is 3. The van der Waals surface area contributed by atoms with Crippen LogP contribution in [0.5, 0.6) is 0 Å². The number of hydrogen-bond donors (Lipinski definition) is 5. The fourth-order valence-electron chi connectivity index (χ4n) is 4.72. The Bertz CT molecular complexity index is 724. The molecule has 4 atom stereocenters. The summed E-state index contributed by atoms with van der Waals surface area (Å²) in [5.74, 6) is 1.01. The molecule has 1 amide bonds. The zero-order chi connectivity index (χ0) is 20.4. The summed E-state index contributed by atoms with van der Waals surface area (Å²) in [7, 11) is 1.94. The number of epoxide rings is 1. The van der Waals surface area contributed by atoms with Crippen LogP contribution in [0.3, 0.4) is 0 Å². The molecule has 160 valence electrons. The van der Waals surface area contributed by atoms with Crippen LogP contribution in [0.25, 0.3) is 0 Å². The van der Waals surface area contributed by atoms with Crippen LogP contribution in [-0.4, -0.2) is 58.5 Å². The van der Waals surface area contributed by atoms with Gasteiger partial charge in [-0.3, -0.25) is 10.1 Å². The molecule has 2 aliphatic carbocycles. The van der Waals surface area contributed by atoms with Gasteiger partial charge in [-0.2, -0.15) is 4.98 Å². The van der Waals surface area contributed by atoms with Crippen molar-refractivity contribution in [2.45, 2.75) is 81.9 Å². The molecular weight excluding hydrogens is 372 g/mol. The molecule has 3 aliphatic rings. The first-order chi connectivity index (χ1) is 14.0. The number of ether oxygens (including phenoxy) is 1. The summed E-state index contributed by atoms with van der Waals surface area (Å²) in [5, 5.41) is 19.8. The molecule has 1 aliphatic heterocycles. The van der Waals surface area contributed by atoms with E-state index in [-0.39, 0.29) is 23.9 Å². The van der Waals surface area contributed by atoms with Crippen molar-refractivity contribution in [2.75, 3.05) is 17.7 Å². The van der Waals surface area contributed by atoms with Gasteiger partial charge in [-0.05, 0) is 64.3 Å². The number of amides is 1. The average molecular weight is 405 g/mol. The Kier molecular flexibility index (Phi) is 6.17. The van der Waals surface area contributed by atoms with Crippen molar-refractivity contribution in [2.24, 2.45) is 11.7 Å². The molecule has 2 heterocycles. The smallest absolute Gasteiger partial charge is 0.254 e. The van der Waals surface area contributed by atoms with E-state index in [0.717, 1.165) is 44.9 Å². The SMILES string of the molecule is CNC1OC1C1CCC(Nc2ncc(C(N)=O)c(N[C@@H]3CCC[C@H](O)C3)n2)CC1. The highest BCUT2D eigenvalue weighted by molar-refractivity contribution is 5.97. The first-order valence-electron chi connectivity index (χ1n) is 10.7. The Balaban J connectivity index is 1.37. The number of nitrogens with zero attached hydrogens (tertiary/aromatic N) is 2. The molecule has 2 saturated carbocycles. The van der Waals surface area contributed by atoms with Crippen LogP contribution >= 0.6 is 0 Å². The molecule has 2 unspecified atom stereocenters. The van der Waals surface area contributed by atoms with Crippen molar-refractivity contribution in [1.82, 2.24) is 15.3 Å². The second-order valence-electron chi connectivity index (χ2n) is 8.55. The lowest BCUT2D eigenvalue weighted by molar-refractivity contribution is 0.100. The number of nitrogens with two attached hydrogens (primary N) is 1. The molecule has 3 fully saturated rings. The van der Waals surface area contributed by atoms with Gasteiger partial charge < -0.3 is 26.2 Å². The summed E-state index contributed by atoms with van der Waals surface area (Å²) in [4.78, 5) is 20.7. The Morgan fingerprint density at radius 2 is 1.97 bits per heavy atom. The minimum absolute atomic E-state index is 0.0775. The second kappa shape index (κ2) is 8.81. The van der Waals surface area contributed by atoms with Crippen molar-refractivity contribution in [3.63, 3.8) is 0 Å². The molecule has 9 heteroatoms. The van der Waals surface area contributed by atoms with E-state index < -0.39 is 5.91 Å². The molecular formula is C20H32N6O3. The average Bonchev–Trinajstić information content (AvgIpc) is 3.48. The minimum atomic E-state index is -0.556. The Morgan fingerprint density at radius 1 is 1.17 bits per heavy atom. The minimum Gasteiger partial charge on any atom is -0.393 e. The van der Waals surface area contributed by atoms with E-state index >= 15 is 0 Å². The van der Waals surface area contributed by atoms with E-state index in [9.17, 15) is 9.90 Å². The molecule has 0 bridgehead atoms. The van der Waals surface area contributed by atoms with Gasteiger partial charge in [-0.15, -0.1) is 0 Å². The van der Waals surface area contributed by atoms with Gasteiger partial charge >= 0.3 is 0 Å². The van der Waals surface area contributed by atoms with Crippen LogP contribution in [0.15, 0.2) is 6.20 Å². The van der Waals surface area contributed by atoms with Crippen LogP contribution in [0.1, 0.15) is 61.7 Å². The van der Waals surface area contributed by atoms with Crippen LogP contribution in [0.4, 0.5) is 11.8 Å². The molecule has 29 heavy (non-hydrogen) atoms. The number of carbonyl (C=O) groups excluding carboxylic acids is 1. The van der Waals surface area contributed by atoms with Crippen LogP contribution in [-0.2, 0) is 4.74 Å². The van der Waals surface area contributed by atoms with Crippen LogP contribution in [0.2, 0.25) is 0 Å². The highest BCUT2D eigenvalue weighted by Gasteiger charge is 2.44. The molecule has 0 radical (unpaired) electrons. The number of aliphatic hydroxyl groups excluding tert-OH is 1. The van der Waals surface area contributed by atoms with E-state index in [0.29, 0.717) is 36.3 Å². The van der Waals surface area contributed by atoms with Crippen LogP contribution < -0.4 is 21.7 Å². The van der Waals surface area contributed by atoms with Gasteiger partial charge in [0.1, 0.15) is 18.1 Å². The second-order valence-corrected chi connectivity index (χ2v) is 8.55. The maximum Gasteiger partial charge on any atom is 0.254 e. The van der Waals surface area contributed by atoms with Gasteiger partial charge in [0, 0.05) is 18.3 Å². The highest BCUT2D eigenvalue weighted by Crippen LogP contribution is 2.37. The van der Waals surface area contributed by atoms with Gasteiger partial charge in [0.2, 0.25) is 5.95 Å². The maximum absolute atomic E-state index is 11.8. The maximum atomic E-state index is 11.8. The number of carbonyl (C=O) groups is 1. The molecule has 0 aromatic carbocycles. The molecule has 1 aromatic rings. The fraction of sp³-hybridized carbons (Fsp3) is 0.750. The summed E-state index contributed by atoms with van der Waals surface area (Å²) in [6, 6.07) is 0.385. The largest absolute Gasteiger partial charge is 0.393 e. The first kappa shape index (κ1) is 20.3. The number of aliphatic hydroxyl groups is 1. The van der Waals surface area contributed by atoms with E-state index in [4.69, 9.17) is 10.5 Å². The topological polar surface area (TPSA) is 138 Å². The standard InChI is InChI=1S/C20H32N6O3/c1-22-19-16(29-19)11-5-7-12(8-6-11)25-20-23-10-15(17(21)28)18(26-20)24-13-3-2-4-14(27)9-13/h10-14,16,19,22,27H,2-9H2,1H3,(H2,21,28)(H2,23,24,25,26)/t11?,12?,13-,14+,16?,19?/m1/s1. The zero-order valence-corrected chi connectivity index (χ0v) is 16.9. The van der Waals surface area contributed by atoms with E-state index in [2.05, 4.69) is 25.9 Å². The lowest BCUT2D eigenvalue weighted by atomic mass is 9.84. The summed E-state index contributed by atoms with van der Waals surface area (Å²) in [6.45, 7) is 0. The van der Waals surface area contributed by atoms with Gasteiger partial charge in [-0.25, -0.2) is 4.98 Å². The third-order valence-corrected chi connectivity index (χ3v) is 6.42. The Labute approximate surface area is 171 Å². The van der Waals surface area contributed by atoms with Crippen molar-refractivity contribution in [3.05, 3.63) is 11.8 Å². The van der Waals surface area contributed by atoms with E-state index in [1.165, 1.54) is 6.20 Å². The number of anilines is 2. The highest BCUT2D eigenvalue weighted by atomic mass is 16.6. The van der Waals surface area contributed by atoms with Crippen molar-refractivity contribution in [1.29, 1.82) is 0 Å².